The highest BCUT2D eigenvalue weighted by Gasteiger charge is 2.46. The molecule has 0 bridgehead atoms. The number of hydrogen-bond donors (Lipinski definition) is 1. The fraction of sp³-hybridized carbons (Fsp3) is 0.882. The van der Waals surface area contributed by atoms with Gasteiger partial charge in [-0.2, -0.15) is 0 Å². The number of nitrogens with zero attached hydrogens (tertiary/aromatic N) is 1. The van der Waals surface area contributed by atoms with Crippen molar-refractivity contribution < 1.29 is 19.1 Å². The lowest BCUT2D eigenvalue weighted by molar-refractivity contribution is -0.146. The van der Waals surface area contributed by atoms with E-state index in [4.69, 9.17) is 9.47 Å². The minimum atomic E-state index is -0.262. The second-order valence-corrected chi connectivity index (χ2v) is 7.00. The summed E-state index contributed by atoms with van der Waals surface area (Å²) in [6, 6.07) is 0.0860. The number of likely N-dealkylation sites (tertiary alicyclic amines) is 1. The van der Waals surface area contributed by atoms with Gasteiger partial charge in [0, 0.05) is 19.2 Å². The largest absolute Gasteiger partial charge is 0.468 e. The van der Waals surface area contributed by atoms with Gasteiger partial charge in [0.15, 0.2) is 0 Å². The lowest BCUT2D eigenvalue weighted by Crippen LogP contribution is -2.48. The molecule has 0 aromatic carbocycles. The molecule has 0 aromatic heterocycles. The molecular formula is C17H28N2O4. The van der Waals surface area contributed by atoms with Gasteiger partial charge in [-0.3, -0.25) is 14.5 Å². The van der Waals surface area contributed by atoms with Gasteiger partial charge in [0.25, 0.3) is 0 Å². The number of rotatable bonds is 5. The Morgan fingerprint density at radius 2 is 2.04 bits per heavy atom. The Morgan fingerprint density at radius 1 is 1.22 bits per heavy atom. The molecule has 3 rings (SSSR count). The van der Waals surface area contributed by atoms with Gasteiger partial charge in [0.2, 0.25) is 5.91 Å². The monoisotopic (exact) mass is 324 g/mol. The van der Waals surface area contributed by atoms with Gasteiger partial charge in [0.1, 0.15) is 6.04 Å². The molecule has 0 spiro atoms. The summed E-state index contributed by atoms with van der Waals surface area (Å²) >= 11 is 0. The zero-order valence-electron chi connectivity index (χ0n) is 14.0. The van der Waals surface area contributed by atoms with Gasteiger partial charge in [0.05, 0.1) is 19.8 Å². The molecule has 0 radical (unpaired) electrons. The van der Waals surface area contributed by atoms with Crippen LogP contribution < -0.4 is 5.32 Å². The van der Waals surface area contributed by atoms with Crippen LogP contribution in [0.4, 0.5) is 0 Å². The molecule has 130 valence electrons. The van der Waals surface area contributed by atoms with Gasteiger partial charge in [-0.05, 0) is 38.0 Å². The van der Waals surface area contributed by atoms with Gasteiger partial charge < -0.3 is 14.8 Å². The number of hydrogen-bond acceptors (Lipinski definition) is 5. The molecule has 2 saturated heterocycles. The van der Waals surface area contributed by atoms with Gasteiger partial charge in [-0.1, -0.05) is 12.8 Å². The number of esters is 1. The molecule has 2 aliphatic heterocycles. The van der Waals surface area contributed by atoms with Crippen molar-refractivity contribution in [1.82, 2.24) is 10.2 Å². The van der Waals surface area contributed by atoms with Crippen LogP contribution in [-0.2, 0) is 19.1 Å². The van der Waals surface area contributed by atoms with Gasteiger partial charge in [-0.15, -0.1) is 0 Å². The Bertz CT molecular complexity index is 436. The van der Waals surface area contributed by atoms with Crippen LogP contribution in [-0.4, -0.2) is 61.8 Å². The predicted octanol–water partition coefficient (Wildman–Crippen LogP) is 1.09. The summed E-state index contributed by atoms with van der Waals surface area (Å²) in [5.74, 6) is 0.311. The number of amides is 1. The van der Waals surface area contributed by atoms with E-state index in [1.165, 1.54) is 20.0 Å². The highest BCUT2D eigenvalue weighted by Crippen LogP contribution is 2.39. The van der Waals surface area contributed by atoms with E-state index < -0.39 is 0 Å². The standard InChI is InChI=1S/C17H28N2O4/c1-22-17(21)15-9-12-5-2-3-7-14(12)19(15)11-16(20)18-10-13-6-4-8-23-13/h12-15H,2-11H2,1H3,(H,18,20). The minimum absolute atomic E-state index is 0.0133. The maximum atomic E-state index is 12.3. The summed E-state index contributed by atoms with van der Waals surface area (Å²) in [5, 5.41) is 2.97. The second-order valence-electron chi connectivity index (χ2n) is 7.00. The Morgan fingerprint density at radius 3 is 2.78 bits per heavy atom. The topological polar surface area (TPSA) is 67.9 Å². The zero-order valence-corrected chi connectivity index (χ0v) is 14.0. The number of carbonyl (C=O) groups is 2. The first-order valence-corrected chi connectivity index (χ1v) is 8.91. The van der Waals surface area contributed by atoms with Crippen molar-refractivity contribution in [3.63, 3.8) is 0 Å². The first-order chi connectivity index (χ1) is 11.2. The minimum Gasteiger partial charge on any atom is -0.468 e. The highest BCUT2D eigenvalue weighted by atomic mass is 16.5. The molecule has 2 heterocycles. The molecule has 23 heavy (non-hydrogen) atoms. The quantitative estimate of drug-likeness (QED) is 0.767. The predicted molar refractivity (Wildman–Crippen MR) is 84.9 cm³/mol. The summed E-state index contributed by atoms with van der Waals surface area (Å²) < 4.78 is 10.5. The highest BCUT2D eigenvalue weighted by molar-refractivity contribution is 5.81. The van der Waals surface area contributed by atoms with E-state index in [1.54, 1.807) is 0 Å². The van der Waals surface area contributed by atoms with Crippen molar-refractivity contribution in [3.8, 4) is 0 Å². The van der Waals surface area contributed by atoms with E-state index in [9.17, 15) is 9.59 Å². The second kappa shape index (κ2) is 7.62. The van der Waals surface area contributed by atoms with Crippen LogP contribution in [0.25, 0.3) is 0 Å². The van der Waals surface area contributed by atoms with E-state index in [-0.39, 0.29) is 30.6 Å². The van der Waals surface area contributed by atoms with E-state index >= 15 is 0 Å². The van der Waals surface area contributed by atoms with E-state index in [0.29, 0.717) is 18.5 Å². The van der Waals surface area contributed by atoms with Crippen molar-refractivity contribution in [3.05, 3.63) is 0 Å². The van der Waals surface area contributed by atoms with E-state index in [1.807, 2.05) is 0 Å². The molecule has 1 saturated carbocycles. The molecule has 4 atom stereocenters. The summed E-state index contributed by atoms with van der Waals surface area (Å²) in [5.41, 5.74) is 0. The Kier molecular flexibility index (Phi) is 5.54. The number of methoxy groups -OCH3 is 1. The Labute approximate surface area is 137 Å². The van der Waals surface area contributed by atoms with Crippen LogP contribution in [0, 0.1) is 5.92 Å². The van der Waals surface area contributed by atoms with Crippen LogP contribution in [0.2, 0.25) is 0 Å². The summed E-state index contributed by atoms with van der Waals surface area (Å²) in [7, 11) is 1.43. The molecule has 1 N–H and O–H groups in total. The lowest BCUT2D eigenvalue weighted by Gasteiger charge is -2.32. The summed E-state index contributed by atoms with van der Waals surface area (Å²) in [6.45, 7) is 1.65. The Balaban J connectivity index is 1.57. The summed E-state index contributed by atoms with van der Waals surface area (Å²) in [6.07, 6.45) is 7.72. The van der Waals surface area contributed by atoms with Gasteiger partial charge >= 0.3 is 5.97 Å². The average molecular weight is 324 g/mol. The molecule has 4 unspecified atom stereocenters. The van der Waals surface area contributed by atoms with Crippen molar-refractivity contribution in [2.24, 2.45) is 5.92 Å². The van der Waals surface area contributed by atoms with E-state index in [0.717, 1.165) is 38.7 Å². The maximum absolute atomic E-state index is 12.3. The molecule has 3 aliphatic rings. The van der Waals surface area contributed by atoms with Crippen molar-refractivity contribution in [1.29, 1.82) is 0 Å². The SMILES string of the molecule is COC(=O)C1CC2CCCCC2N1CC(=O)NCC1CCCO1. The molecular weight excluding hydrogens is 296 g/mol. The molecule has 6 heteroatoms. The summed E-state index contributed by atoms with van der Waals surface area (Å²) in [4.78, 5) is 26.5. The van der Waals surface area contributed by atoms with Crippen LogP contribution in [0.15, 0.2) is 0 Å². The first-order valence-electron chi connectivity index (χ1n) is 8.91. The van der Waals surface area contributed by atoms with E-state index in [2.05, 4.69) is 10.2 Å². The van der Waals surface area contributed by atoms with Crippen LogP contribution in [0.1, 0.15) is 44.9 Å². The Hall–Kier alpha value is -1.14. The van der Waals surface area contributed by atoms with Crippen molar-refractivity contribution >= 4 is 11.9 Å². The average Bonchev–Trinajstić information content (AvgIpc) is 3.20. The third kappa shape index (κ3) is 3.86. The normalized spacial score (nSPS) is 34.1. The molecule has 6 nitrogen and oxygen atoms in total. The first kappa shape index (κ1) is 16.7. The maximum Gasteiger partial charge on any atom is 0.323 e. The number of carbonyl (C=O) groups excluding carboxylic acids is 2. The fourth-order valence-electron chi connectivity index (χ4n) is 4.40. The molecule has 1 aliphatic carbocycles. The van der Waals surface area contributed by atoms with Crippen LogP contribution >= 0.6 is 0 Å². The zero-order chi connectivity index (χ0) is 16.2. The smallest absolute Gasteiger partial charge is 0.323 e. The third-order valence-corrected chi connectivity index (χ3v) is 5.57. The number of nitrogens with one attached hydrogen (secondary N) is 1. The molecule has 3 fully saturated rings. The van der Waals surface area contributed by atoms with Gasteiger partial charge in [-0.25, -0.2) is 0 Å². The molecule has 1 amide bonds. The van der Waals surface area contributed by atoms with Crippen molar-refractivity contribution in [2.75, 3.05) is 26.8 Å². The third-order valence-electron chi connectivity index (χ3n) is 5.57. The van der Waals surface area contributed by atoms with Crippen molar-refractivity contribution in [2.45, 2.75) is 63.1 Å². The number of ether oxygens (including phenoxy) is 2. The lowest BCUT2D eigenvalue weighted by atomic mass is 9.85. The fourth-order valence-corrected chi connectivity index (χ4v) is 4.40. The van der Waals surface area contributed by atoms with Crippen LogP contribution in [0.5, 0.6) is 0 Å². The molecule has 0 aromatic rings. The number of fused-ring (bicyclic) bond motifs is 1. The van der Waals surface area contributed by atoms with Crippen LogP contribution in [0.3, 0.4) is 0 Å².